The fourth-order valence-electron chi connectivity index (χ4n) is 6.96. The van der Waals surface area contributed by atoms with Gasteiger partial charge in [-0.2, -0.15) is 8.78 Å². The summed E-state index contributed by atoms with van der Waals surface area (Å²) >= 11 is 0. The second kappa shape index (κ2) is 12.3. The molecule has 0 amide bonds. The quantitative estimate of drug-likeness (QED) is 0.191. The first kappa shape index (κ1) is 27.4. The van der Waals surface area contributed by atoms with Gasteiger partial charge in [-0.3, -0.25) is 0 Å². The summed E-state index contributed by atoms with van der Waals surface area (Å²) in [5, 5.41) is 0. The van der Waals surface area contributed by atoms with E-state index in [9.17, 15) is 22.0 Å². The first-order valence-electron chi connectivity index (χ1n) is 14.1. The minimum atomic E-state index is -3.56. The molecule has 1 aromatic rings. The smallest absolute Gasteiger partial charge is 0.400 e. The van der Waals surface area contributed by atoms with Gasteiger partial charge in [0.05, 0.1) is 5.92 Å². The Bertz CT molecular complexity index is 837. The number of alkyl halides is 2. The molecule has 0 bridgehead atoms. The van der Waals surface area contributed by atoms with Gasteiger partial charge in [-0.15, -0.1) is 0 Å². The SMILES string of the molecule is CCCC1CCC(C2CCC(/C=C/C3CCC(C(F)(F)Oc4cc(F)c(F)c(F)c4)CC3)CC2)CC1. The molecule has 202 valence electrons. The highest BCUT2D eigenvalue weighted by Gasteiger charge is 2.44. The van der Waals surface area contributed by atoms with Crippen LogP contribution in [-0.4, -0.2) is 6.11 Å². The van der Waals surface area contributed by atoms with Gasteiger partial charge in [-0.05, 0) is 93.8 Å². The van der Waals surface area contributed by atoms with Gasteiger partial charge in [0.1, 0.15) is 5.75 Å². The lowest BCUT2D eigenvalue weighted by atomic mass is 9.68. The van der Waals surface area contributed by atoms with Crippen molar-refractivity contribution in [1.29, 1.82) is 0 Å². The Balaban J connectivity index is 1.18. The summed E-state index contributed by atoms with van der Waals surface area (Å²) in [5.74, 6) is -2.84. The lowest BCUT2D eigenvalue weighted by molar-refractivity contribution is -0.223. The van der Waals surface area contributed by atoms with E-state index in [1.54, 1.807) is 0 Å². The van der Waals surface area contributed by atoms with Crippen LogP contribution in [-0.2, 0) is 0 Å². The molecule has 0 heterocycles. The predicted octanol–water partition coefficient (Wildman–Crippen LogP) is 9.85. The van der Waals surface area contributed by atoms with Crippen LogP contribution in [0.5, 0.6) is 5.75 Å². The highest BCUT2D eigenvalue weighted by molar-refractivity contribution is 5.25. The molecule has 6 heteroatoms. The van der Waals surface area contributed by atoms with Crippen molar-refractivity contribution in [3.63, 3.8) is 0 Å². The maximum atomic E-state index is 14.6. The molecule has 0 atom stereocenters. The Kier molecular flexibility index (Phi) is 9.38. The Morgan fingerprint density at radius 3 is 1.72 bits per heavy atom. The molecule has 3 aliphatic rings. The van der Waals surface area contributed by atoms with Crippen LogP contribution in [0.3, 0.4) is 0 Å². The van der Waals surface area contributed by atoms with E-state index in [-0.39, 0.29) is 18.8 Å². The van der Waals surface area contributed by atoms with Gasteiger partial charge in [-0.25, -0.2) is 13.2 Å². The predicted molar refractivity (Wildman–Crippen MR) is 132 cm³/mol. The summed E-state index contributed by atoms with van der Waals surface area (Å²) in [6.07, 6.45) is 16.3. The Hall–Kier alpha value is -1.59. The lowest BCUT2D eigenvalue weighted by Crippen LogP contribution is -2.37. The molecule has 0 spiro atoms. The third-order valence-electron chi connectivity index (χ3n) is 9.19. The molecule has 36 heavy (non-hydrogen) atoms. The fourth-order valence-corrected chi connectivity index (χ4v) is 6.96. The molecule has 1 nitrogen and oxygen atoms in total. The minimum Gasteiger partial charge on any atom is -0.432 e. The average molecular weight is 513 g/mol. The monoisotopic (exact) mass is 512 g/mol. The molecule has 3 saturated carbocycles. The van der Waals surface area contributed by atoms with Crippen molar-refractivity contribution in [2.75, 3.05) is 0 Å². The van der Waals surface area contributed by atoms with Crippen molar-refractivity contribution < 1.29 is 26.7 Å². The van der Waals surface area contributed by atoms with Crippen LogP contribution in [0.25, 0.3) is 0 Å². The maximum absolute atomic E-state index is 14.6. The molecule has 3 aliphatic carbocycles. The van der Waals surface area contributed by atoms with Crippen molar-refractivity contribution in [2.24, 2.45) is 35.5 Å². The molecule has 0 aliphatic heterocycles. The van der Waals surface area contributed by atoms with E-state index in [4.69, 9.17) is 0 Å². The minimum absolute atomic E-state index is 0.279. The third-order valence-corrected chi connectivity index (χ3v) is 9.19. The normalized spacial score (nSPS) is 32.1. The number of hydrogen-bond donors (Lipinski definition) is 0. The fraction of sp³-hybridized carbons (Fsp3) is 0.733. The first-order valence-corrected chi connectivity index (χ1v) is 14.1. The summed E-state index contributed by atoms with van der Waals surface area (Å²) in [5.41, 5.74) is 0. The number of halogens is 5. The standard InChI is InChI=1S/C30H41F5O/c1-2-3-20-6-12-23(13-7-20)24-14-8-21(9-15-24)4-5-22-10-16-25(17-11-22)30(34,35)36-26-18-27(31)29(33)28(32)19-26/h4-5,18-25H,2-3,6-17H2,1H3/b5-4+. The Morgan fingerprint density at radius 1 is 0.750 bits per heavy atom. The van der Waals surface area contributed by atoms with E-state index in [2.05, 4.69) is 23.8 Å². The van der Waals surface area contributed by atoms with Crippen LogP contribution in [0, 0.1) is 53.0 Å². The average Bonchev–Trinajstić information content (AvgIpc) is 2.87. The van der Waals surface area contributed by atoms with Crippen LogP contribution in [0.2, 0.25) is 0 Å². The van der Waals surface area contributed by atoms with Crippen molar-refractivity contribution in [3.8, 4) is 5.75 Å². The van der Waals surface area contributed by atoms with Crippen molar-refractivity contribution in [2.45, 2.75) is 103 Å². The zero-order valence-corrected chi connectivity index (χ0v) is 21.5. The topological polar surface area (TPSA) is 9.23 Å². The van der Waals surface area contributed by atoms with Crippen molar-refractivity contribution in [1.82, 2.24) is 0 Å². The highest BCUT2D eigenvalue weighted by atomic mass is 19.3. The van der Waals surface area contributed by atoms with E-state index in [0.29, 0.717) is 30.9 Å². The molecule has 1 aromatic carbocycles. The number of ether oxygens (including phenoxy) is 1. The van der Waals surface area contributed by atoms with Gasteiger partial charge in [0.2, 0.25) is 0 Å². The molecule has 4 rings (SSSR count). The number of rotatable bonds is 8. The molecule has 0 radical (unpaired) electrons. The van der Waals surface area contributed by atoms with E-state index in [1.165, 1.54) is 64.2 Å². The van der Waals surface area contributed by atoms with E-state index in [1.807, 2.05) is 0 Å². The van der Waals surface area contributed by atoms with Crippen molar-refractivity contribution >= 4 is 0 Å². The summed E-state index contributed by atoms with van der Waals surface area (Å²) in [7, 11) is 0. The summed E-state index contributed by atoms with van der Waals surface area (Å²) in [4.78, 5) is 0. The number of hydrogen-bond acceptors (Lipinski definition) is 1. The number of allylic oxidation sites excluding steroid dienone is 2. The van der Waals surface area contributed by atoms with Gasteiger partial charge in [0, 0.05) is 12.1 Å². The number of benzene rings is 1. The van der Waals surface area contributed by atoms with Gasteiger partial charge in [-0.1, -0.05) is 44.8 Å². The summed E-state index contributed by atoms with van der Waals surface area (Å²) in [6, 6.07) is 0.930. The summed E-state index contributed by atoms with van der Waals surface area (Å²) in [6.45, 7) is 2.29. The van der Waals surface area contributed by atoms with E-state index in [0.717, 1.165) is 17.8 Å². The van der Waals surface area contributed by atoms with Gasteiger partial charge in [0.15, 0.2) is 17.5 Å². The molecule has 0 aromatic heterocycles. The Labute approximate surface area is 212 Å². The summed E-state index contributed by atoms with van der Waals surface area (Å²) < 4.78 is 73.7. The molecule has 0 unspecified atom stereocenters. The Morgan fingerprint density at radius 2 is 1.22 bits per heavy atom. The van der Waals surface area contributed by atoms with Crippen LogP contribution in [0.4, 0.5) is 22.0 Å². The first-order chi connectivity index (χ1) is 17.2. The lowest BCUT2D eigenvalue weighted by Gasteiger charge is -2.37. The van der Waals surface area contributed by atoms with Gasteiger partial charge < -0.3 is 4.74 Å². The third kappa shape index (κ3) is 7.04. The second-order valence-electron chi connectivity index (χ2n) is 11.6. The molecule has 0 saturated heterocycles. The van der Waals surface area contributed by atoms with Crippen LogP contribution in [0.1, 0.15) is 96.8 Å². The van der Waals surface area contributed by atoms with Gasteiger partial charge >= 0.3 is 6.11 Å². The molecule has 0 N–H and O–H groups in total. The molecular formula is C30H41F5O. The molecule has 3 fully saturated rings. The zero-order valence-electron chi connectivity index (χ0n) is 21.5. The van der Waals surface area contributed by atoms with Crippen LogP contribution in [0.15, 0.2) is 24.3 Å². The maximum Gasteiger partial charge on any atom is 0.400 e. The molecular weight excluding hydrogens is 471 g/mol. The van der Waals surface area contributed by atoms with Crippen LogP contribution >= 0.6 is 0 Å². The van der Waals surface area contributed by atoms with E-state index >= 15 is 0 Å². The van der Waals surface area contributed by atoms with Gasteiger partial charge in [0.25, 0.3) is 0 Å². The van der Waals surface area contributed by atoms with Crippen LogP contribution < -0.4 is 4.74 Å². The largest absolute Gasteiger partial charge is 0.432 e. The zero-order chi connectivity index (χ0) is 25.7. The van der Waals surface area contributed by atoms with E-state index < -0.39 is 35.2 Å². The van der Waals surface area contributed by atoms with Crippen molar-refractivity contribution in [3.05, 3.63) is 41.7 Å². The highest BCUT2D eigenvalue weighted by Crippen LogP contribution is 2.44. The second-order valence-corrected chi connectivity index (χ2v) is 11.6.